The number of carbonyl (C=O) groups is 2. The second kappa shape index (κ2) is 16.1. The van der Waals surface area contributed by atoms with Gasteiger partial charge < -0.3 is 18.9 Å². The van der Waals surface area contributed by atoms with Crippen molar-refractivity contribution in [2.45, 2.75) is 65.7 Å². The Labute approximate surface area is 230 Å². The second-order valence-corrected chi connectivity index (χ2v) is 9.42. The van der Waals surface area contributed by atoms with Gasteiger partial charge >= 0.3 is 12.1 Å². The molecule has 208 valence electrons. The molecule has 3 rings (SSSR count). The summed E-state index contributed by atoms with van der Waals surface area (Å²) in [7, 11) is 0. The van der Waals surface area contributed by atoms with Gasteiger partial charge in [0.25, 0.3) is 0 Å². The van der Waals surface area contributed by atoms with Crippen LogP contribution in [0.25, 0.3) is 11.3 Å². The van der Waals surface area contributed by atoms with E-state index in [0.29, 0.717) is 29.5 Å². The molecule has 0 amide bonds. The third-order valence-electron chi connectivity index (χ3n) is 6.21. The molecule has 1 heterocycles. The van der Waals surface area contributed by atoms with E-state index in [2.05, 4.69) is 30.7 Å². The summed E-state index contributed by atoms with van der Waals surface area (Å²) in [6, 6.07) is 13.7. The standard InChI is InChI=1S/C31H38N2O6/c1-4-6-7-8-9-12-20-36-31(35)38-27-17-11-10-16-26(27)30(34)39-29-28(32-18-19-33-29)24-14-13-15-25(21-24)37-22-23(3)5-2/h10-11,13-19,21,23H,4-9,12,20,22H2,1-3H3. The minimum Gasteiger partial charge on any atom is -0.493 e. The van der Waals surface area contributed by atoms with E-state index in [-0.39, 0.29) is 23.8 Å². The number of hydrogen-bond donors (Lipinski definition) is 0. The zero-order valence-corrected chi connectivity index (χ0v) is 23.1. The maximum Gasteiger partial charge on any atom is 0.513 e. The number of benzene rings is 2. The van der Waals surface area contributed by atoms with Crippen molar-refractivity contribution in [3.8, 4) is 28.6 Å². The molecule has 0 bridgehead atoms. The van der Waals surface area contributed by atoms with Crippen molar-refractivity contribution >= 4 is 12.1 Å². The Hall–Kier alpha value is -3.94. The van der Waals surface area contributed by atoms with Gasteiger partial charge in [-0.05, 0) is 36.6 Å². The van der Waals surface area contributed by atoms with E-state index in [1.807, 2.05) is 24.3 Å². The monoisotopic (exact) mass is 534 g/mol. The van der Waals surface area contributed by atoms with Crippen molar-refractivity contribution < 1.29 is 28.5 Å². The van der Waals surface area contributed by atoms with Gasteiger partial charge in [-0.15, -0.1) is 0 Å². The molecule has 39 heavy (non-hydrogen) atoms. The first kappa shape index (κ1) is 29.6. The molecule has 3 aromatic rings. The molecule has 0 aliphatic heterocycles. The zero-order chi connectivity index (χ0) is 27.9. The lowest BCUT2D eigenvalue weighted by Gasteiger charge is -2.13. The van der Waals surface area contributed by atoms with Gasteiger partial charge in [0, 0.05) is 18.0 Å². The van der Waals surface area contributed by atoms with Gasteiger partial charge in [-0.25, -0.2) is 19.6 Å². The number of rotatable bonds is 15. The van der Waals surface area contributed by atoms with Gasteiger partial charge in [-0.2, -0.15) is 0 Å². The highest BCUT2D eigenvalue weighted by Gasteiger charge is 2.21. The van der Waals surface area contributed by atoms with E-state index in [1.165, 1.54) is 43.8 Å². The van der Waals surface area contributed by atoms with Crippen LogP contribution < -0.4 is 14.2 Å². The summed E-state index contributed by atoms with van der Waals surface area (Å²) >= 11 is 0. The minimum absolute atomic E-state index is 0.0297. The summed E-state index contributed by atoms with van der Waals surface area (Å²) in [6.45, 7) is 7.28. The lowest BCUT2D eigenvalue weighted by Crippen LogP contribution is -2.16. The Kier molecular flexibility index (Phi) is 12.2. The van der Waals surface area contributed by atoms with Crippen molar-refractivity contribution in [2.24, 2.45) is 5.92 Å². The number of carbonyl (C=O) groups excluding carboxylic acids is 2. The first-order chi connectivity index (χ1) is 19.0. The van der Waals surface area contributed by atoms with Crippen molar-refractivity contribution in [1.82, 2.24) is 9.97 Å². The van der Waals surface area contributed by atoms with Crippen molar-refractivity contribution in [2.75, 3.05) is 13.2 Å². The highest BCUT2D eigenvalue weighted by atomic mass is 16.7. The first-order valence-corrected chi connectivity index (χ1v) is 13.7. The van der Waals surface area contributed by atoms with Crippen LogP contribution in [0.15, 0.2) is 60.9 Å². The number of aromatic nitrogens is 2. The fourth-order valence-corrected chi connectivity index (χ4v) is 3.71. The number of esters is 1. The SMILES string of the molecule is CCCCCCCCOC(=O)Oc1ccccc1C(=O)Oc1nccnc1-c1cccc(OCC(C)CC)c1. The molecular weight excluding hydrogens is 496 g/mol. The molecule has 0 saturated heterocycles. The smallest absolute Gasteiger partial charge is 0.493 e. The molecule has 0 spiro atoms. The predicted octanol–water partition coefficient (Wildman–Crippen LogP) is 7.66. The molecule has 8 nitrogen and oxygen atoms in total. The Balaban J connectivity index is 1.65. The average Bonchev–Trinajstić information content (AvgIpc) is 2.96. The normalized spacial score (nSPS) is 11.5. The molecular formula is C31H38N2O6. The fraction of sp³-hybridized carbons (Fsp3) is 0.419. The van der Waals surface area contributed by atoms with Crippen LogP contribution in [0.4, 0.5) is 4.79 Å². The molecule has 2 aromatic carbocycles. The summed E-state index contributed by atoms with van der Waals surface area (Å²) in [5.74, 6) is 0.453. The average molecular weight is 535 g/mol. The van der Waals surface area contributed by atoms with Gasteiger partial charge in [0.2, 0.25) is 5.88 Å². The maximum atomic E-state index is 13.1. The summed E-state index contributed by atoms with van der Waals surface area (Å²) < 4.78 is 22.0. The van der Waals surface area contributed by atoms with Gasteiger partial charge in [0.05, 0.1) is 13.2 Å². The molecule has 1 unspecified atom stereocenters. The Morgan fingerprint density at radius 3 is 2.46 bits per heavy atom. The topological polar surface area (TPSA) is 96.8 Å². The largest absolute Gasteiger partial charge is 0.513 e. The molecule has 0 saturated carbocycles. The lowest BCUT2D eigenvalue weighted by atomic mass is 10.1. The van der Waals surface area contributed by atoms with Crippen LogP contribution in [0.3, 0.4) is 0 Å². The number of hydrogen-bond acceptors (Lipinski definition) is 8. The predicted molar refractivity (Wildman–Crippen MR) is 149 cm³/mol. The number of para-hydroxylation sites is 1. The third-order valence-corrected chi connectivity index (χ3v) is 6.21. The minimum atomic E-state index is -0.863. The van der Waals surface area contributed by atoms with Crippen LogP contribution in [0.5, 0.6) is 17.4 Å². The molecule has 1 aromatic heterocycles. The van der Waals surface area contributed by atoms with Crippen LogP contribution in [-0.2, 0) is 4.74 Å². The highest BCUT2D eigenvalue weighted by Crippen LogP contribution is 2.30. The second-order valence-electron chi connectivity index (χ2n) is 9.42. The Morgan fingerprint density at radius 2 is 1.64 bits per heavy atom. The van der Waals surface area contributed by atoms with E-state index in [4.69, 9.17) is 18.9 Å². The van der Waals surface area contributed by atoms with Crippen LogP contribution in [0, 0.1) is 5.92 Å². The molecule has 0 aliphatic rings. The molecule has 8 heteroatoms. The zero-order valence-electron chi connectivity index (χ0n) is 23.1. The van der Waals surface area contributed by atoms with Crippen molar-refractivity contribution in [1.29, 1.82) is 0 Å². The fourth-order valence-electron chi connectivity index (χ4n) is 3.71. The van der Waals surface area contributed by atoms with Crippen LogP contribution in [0.1, 0.15) is 76.1 Å². The number of ether oxygens (including phenoxy) is 4. The van der Waals surface area contributed by atoms with Crippen LogP contribution in [-0.4, -0.2) is 35.3 Å². The van der Waals surface area contributed by atoms with E-state index in [0.717, 1.165) is 25.7 Å². The van der Waals surface area contributed by atoms with Gasteiger partial charge in [-0.3, -0.25) is 0 Å². The number of nitrogens with zero attached hydrogens (tertiary/aromatic N) is 2. The molecule has 0 aliphatic carbocycles. The Morgan fingerprint density at radius 1 is 0.872 bits per heavy atom. The van der Waals surface area contributed by atoms with Gasteiger partial charge in [-0.1, -0.05) is 83.6 Å². The summed E-state index contributed by atoms with van der Waals surface area (Å²) in [5.41, 5.74) is 1.14. The van der Waals surface area contributed by atoms with Crippen molar-refractivity contribution in [3.63, 3.8) is 0 Å². The lowest BCUT2D eigenvalue weighted by molar-refractivity contribution is 0.0719. The third kappa shape index (κ3) is 9.71. The molecule has 0 N–H and O–H groups in total. The Bertz CT molecular complexity index is 1200. The summed E-state index contributed by atoms with van der Waals surface area (Å²) in [5, 5.41) is 0. The van der Waals surface area contributed by atoms with E-state index >= 15 is 0 Å². The molecule has 0 fully saturated rings. The molecule has 1 atom stereocenters. The van der Waals surface area contributed by atoms with E-state index in [1.54, 1.807) is 12.1 Å². The first-order valence-electron chi connectivity index (χ1n) is 13.7. The summed E-state index contributed by atoms with van der Waals surface area (Å²) in [6.07, 6.45) is 9.57. The van der Waals surface area contributed by atoms with Crippen molar-refractivity contribution in [3.05, 3.63) is 66.5 Å². The van der Waals surface area contributed by atoms with E-state index < -0.39 is 12.1 Å². The maximum absolute atomic E-state index is 13.1. The van der Waals surface area contributed by atoms with Crippen LogP contribution >= 0.6 is 0 Å². The summed E-state index contributed by atoms with van der Waals surface area (Å²) in [4.78, 5) is 34.0. The van der Waals surface area contributed by atoms with Gasteiger partial charge in [0.15, 0.2) is 0 Å². The van der Waals surface area contributed by atoms with Crippen LogP contribution in [0.2, 0.25) is 0 Å². The number of unbranched alkanes of at least 4 members (excludes halogenated alkanes) is 5. The molecule has 0 radical (unpaired) electrons. The highest BCUT2D eigenvalue weighted by molar-refractivity contribution is 5.95. The quantitative estimate of drug-likeness (QED) is 0.111. The van der Waals surface area contributed by atoms with Gasteiger partial charge in [0.1, 0.15) is 22.8 Å². The van der Waals surface area contributed by atoms with E-state index in [9.17, 15) is 9.59 Å².